The highest BCUT2D eigenvalue weighted by atomic mass is 35.5. The molecule has 1 atom stereocenters. The quantitative estimate of drug-likeness (QED) is 0.333. The monoisotopic (exact) mass is 498 g/mol. The van der Waals surface area contributed by atoms with Crippen molar-refractivity contribution in [1.29, 1.82) is 0 Å². The van der Waals surface area contributed by atoms with Crippen molar-refractivity contribution < 1.29 is 14.5 Å². The van der Waals surface area contributed by atoms with Crippen LogP contribution in [0.3, 0.4) is 0 Å². The molecule has 3 aromatic rings. The largest absolute Gasteiger partial charge is 0.340 e. The Hall–Kier alpha value is -2.40. The summed E-state index contributed by atoms with van der Waals surface area (Å²) in [5.41, 5.74) is 0.683. The van der Waals surface area contributed by atoms with Gasteiger partial charge in [0.05, 0.1) is 25.7 Å². The molecule has 0 aliphatic carbocycles. The van der Waals surface area contributed by atoms with E-state index in [-0.39, 0.29) is 21.4 Å². The average Bonchev–Trinajstić information content (AvgIpc) is 3.12. The topological polar surface area (TPSA) is 114 Å². The Balaban J connectivity index is 1.77. The molecule has 0 radical (unpaired) electrons. The minimum atomic E-state index is -0.826. The molecule has 0 aliphatic rings. The van der Waals surface area contributed by atoms with E-state index in [0.29, 0.717) is 27.4 Å². The van der Waals surface area contributed by atoms with Crippen LogP contribution in [0.15, 0.2) is 36.4 Å². The summed E-state index contributed by atoms with van der Waals surface area (Å²) in [7, 11) is 0. The zero-order valence-corrected chi connectivity index (χ0v) is 19.2. The summed E-state index contributed by atoms with van der Waals surface area (Å²) in [6, 6.07) is 7.94. The van der Waals surface area contributed by atoms with Gasteiger partial charge in [0.15, 0.2) is 5.13 Å². The Bertz CT molecular complexity index is 1160. The van der Waals surface area contributed by atoms with Crippen LogP contribution in [0.1, 0.15) is 16.8 Å². The fourth-order valence-corrected chi connectivity index (χ4v) is 4.55. The van der Waals surface area contributed by atoms with Gasteiger partial charge in [0.25, 0.3) is 11.6 Å². The van der Waals surface area contributed by atoms with Gasteiger partial charge in [0.1, 0.15) is 6.04 Å². The maximum absolute atomic E-state index is 12.8. The molecular weight excluding hydrogens is 483 g/mol. The first kappa shape index (κ1) is 23.3. The van der Waals surface area contributed by atoms with Crippen molar-refractivity contribution in [2.75, 3.05) is 17.3 Å². The van der Waals surface area contributed by atoms with Crippen LogP contribution in [-0.4, -0.2) is 39.8 Å². The molecule has 1 heterocycles. The molecule has 2 N–H and O–H groups in total. The number of non-ortho nitro benzene ring substituents is 1. The van der Waals surface area contributed by atoms with Crippen molar-refractivity contribution in [3.63, 3.8) is 0 Å². The summed E-state index contributed by atoms with van der Waals surface area (Å²) in [5.74, 6) is -0.303. The number of carbonyl (C=O) groups excluding carboxylic acids is 2. The van der Waals surface area contributed by atoms with Crippen molar-refractivity contribution in [3.05, 3.63) is 62.1 Å². The van der Waals surface area contributed by atoms with E-state index < -0.39 is 22.8 Å². The molecule has 31 heavy (non-hydrogen) atoms. The molecule has 2 aromatic carbocycles. The van der Waals surface area contributed by atoms with Crippen LogP contribution in [0.5, 0.6) is 0 Å². The van der Waals surface area contributed by atoms with E-state index in [1.54, 1.807) is 6.07 Å². The standard InChI is InChI=1S/C19H16Cl2N4O4S2/c1-30-7-6-15(22-17(26)12-4-2-10(20)8-13(12)21)18(27)24-19-23-14-5-3-11(25(28)29)9-16(14)31-19/h2-5,8-9,15H,6-7H2,1H3,(H,22,26)(H,23,24,27). The van der Waals surface area contributed by atoms with E-state index in [1.165, 1.54) is 42.1 Å². The number of halogens is 2. The Morgan fingerprint density at radius 1 is 1.26 bits per heavy atom. The molecule has 1 unspecified atom stereocenters. The van der Waals surface area contributed by atoms with Crippen LogP contribution in [0.2, 0.25) is 10.0 Å². The first-order chi connectivity index (χ1) is 14.8. The van der Waals surface area contributed by atoms with Crippen molar-refractivity contribution >= 4 is 79.2 Å². The van der Waals surface area contributed by atoms with Gasteiger partial charge in [-0.1, -0.05) is 34.5 Å². The SMILES string of the molecule is CSCCC(NC(=O)c1ccc(Cl)cc1Cl)C(=O)Nc1nc2ccc([N+](=O)[O-])cc2s1. The summed E-state index contributed by atoms with van der Waals surface area (Å²) in [6.45, 7) is 0. The summed E-state index contributed by atoms with van der Waals surface area (Å²) in [5, 5.41) is 17.2. The molecule has 0 saturated carbocycles. The second-order valence-electron chi connectivity index (χ2n) is 6.35. The number of nitrogens with one attached hydrogen (secondary N) is 2. The molecule has 0 saturated heterocycles. The maximum Gasteiger partial charge on any atom is 0.270 e. The summed E-state index contributed by atoms with van der Waals surface area (Å²) in [4.78, 5) is 40.2. The fourth-order valence-electron chi connectivity index (χ4n) is 2.69. The molecule has 2 amide bonds. The number of hydrogen-bond donors (Lipinski definition) is 2. The van der Waals surface area contributed by atoms with Crippen molar-refractivity contribution in [1.82, 2.24) is 10.3 Å². The fraction of sp³-hybridized carbons (Fsp3) is 0.211. The van der Waals surface area contributed by atoms with Gasteiger partial charge in [0, 0.05) is 17.2 Å². The molecule has 0 fully saturated rings. The molecule has 0 aliphatic heterocycles. The third-order valence-electron chi connectivity index (χ3n) is 4.22. The number of fused-ring (bicyclic) bond motifs is 1. The summed E-state index contributed by atoms with van der Waals surface area (Å²) in [6.07, 6.45) is 2.29. The second-order valence-corrected chi connectivity index (χ2v) is 9.21. The number of nitro groups is 1. The van der Waals surface area contributed by atoms with Crippen LogP contribution in [0.4, 0.5) is 10.8 Å². The van der Waals surface area contributed by atoms with E-state index in [9.17, 15) is 19.7 Å². The van der Waals surface area contributed by atoms with Crippen molar-refractivity contribution in [2.24, 2.45) is 0 Å². The van der Waals surface area contributed by atoms with Gasteiger partial charge in [-0.15, -0.1) is 0 Å². The van der Waals surface area contributed by atoms with Crippen molar-refractivity contribution in [2.45, 2.75) is 12.5 Å². The number of nitrogens with zero attached hydrogens (tertiary/aromatic N) is 2. The highest BCUT2D eigenvalue weighted by Gasteiger charge is 2.23. The van der Waals surface area contributed by atoms with E-state index >= 15 is 0 Å². The number of benzene rings is 2. The highest BCUT2D eigenvalue weighted by molar-refractivity contribution is 7.98. The lowest BCUT2D eigenvalue weighted by molar-refractivity contribution is -0.384. The molecular formula is C19H16Cl2N4O4S2. The van der Waals surface area contributed by atoms with Gasteiger partial charge in [-0.25, -0.2) is 4.98 Å². The van der Waals surface area contributed by atoms with E-state index in [1.807, 2.05) is 6.26 Å². The molecule has 8 nitrogen and oxygen atoms in total. The second kappa shape index (κ2) is 10.3. The summed E-state index contributed by atoms with van der Waals surface area (Å²) >= 11 is 14.6. The van der Waals surface area contributed by atoms with Gasteiger partial charge in [-0.05, 0) is 42.7 Å². The van der Waals surface area contributed by atoms with Gasteiger partial charge in [-0.2, -0.15) is 11.8 Å². The Morgan fingerprint density at radius 3 is 2.71 bits per heavy atom. The first-order valence-electron chi connectivity index (χ1n) is 8.89. The van der Waals surface area contributed by atoms with Crippen LogP contribution in [0.25, 0.3) is 10.2 Å². The minimum Gasteiger partial charge on any atom is -0.340 e. The number of aromatic nitrogens is 1. The average molecular weight is 499 g/mol. The lowest BCUT2D eigenvalue weighted by Crippen LogP contribution is -2.44. The zero-order chi connectivity index (χ0) is 22.5. The molecule has 3 rings (SSSR count). The van der Waals surface area contributed by atoms with Gasteiger partial charge >= 0.3 is 0 Å². The highest BCUT2D eigenvalue weighted by Crippen LogP contribution is 2.29. The van der Waals surface area contributed by atoms with Gasteiger partial charge in [-0.3, -0.25) is 19.7 Å². The number of nitro benzene ring substituents is 1. The normalized spacial score (nSPS) is 11.8. The third-order valence-corrected chi connectivity index (χ3v) is 6.35. The minimum absolute atomic E-state index is 0.0565. The number of amides is 2. The van der Waals surface area contributed by atoms with Gasteiger partial charge < -0.3 is 10.6 Å². The molecule has 0 spiro atoms. The summed E-state index contributed by atoms with van der Waals surface area (Å²) < 4.78 is 0.571. The van der Waals surface area contributed by atoms with E-state index in [0.717, 1.165) is 11.3 Å². The number of rotatable bonds is 8. The lowest BCUT2D eigenvalue weighted by atomic mass is 10.1. The maximum atomic E-state index is 12.8. The van der Waals surface area contributed by atoms with Crippen LogP contribution in [-0.2, 0) is 4.79 Å². The molecule has 162 valence electrons. The molecule has 1 aromatic heterocycles. The lowest BCUT2D eigenvalue weighted by Gasteiger charge is -2.18. The number of carbonyl (C=O) groups is 2. The first-order valence-corrected chi connectivity index (χ1v) is 11.9. The smallest absolute Gasteiger partial charge is 0.270 e. The third kappa shape index (κ3) is 5.85. The Morgan fingerprint density at radius 2 is 2.03 bits per heavy atom. The Kier molecular flexibility index (Phi) is 7.71. The number of hydrogen-bond acceptors (Lipinski definition) is 7. The Labute approximate surface area is 195 Å². The predicted octanol–water partition coefficient (Wildman–Crippen LogP) is 5.00. The number of anilines is 1. The van der Waals surface area contributed by atoms with Crippen molar-refractivity contribution in [3.8, 4) is 0 Å². The van der Waals surface area contributed by atoms with E-state index in [4.69, 9.17) is 23.2 Å². The van der Waals surface area contributed by atoms with Gasteiger partial charge in [0.2, 0.25) is 5.91 Å². The number of thiazole rings is 1. The molecule has 12 heteroatoms. The predicted molar refractivity (Wildman–Crippen MR) is 126 cm³/mol. The number of thioether (sulfide) groups is 1. The van der Waals surface area contributed by atoms with Crippen LogP contribution in [0, 0.1) is 10.1 Å². The zero-order valence-electron chi connectivity index (χ0n) is 16.1. The van der Waals surface area contributed by atoms with E-state index in [2.05, 4.69) is 15.6 Å². The van der Waals surface area contributed by atoms with Crippen LogP contribution >= 0.6 is 46.3 Å². The van der Waals surface area contributed by atoms with Crippen LogP contribution < -0.4 is 10.6 Å². The molecule has 0 bridgehead atoms.